The number of hydrazine groups is 1. The van der Waals surface area contributed by atoms with E-state index in [1.54, 1.807) is 13.0 Å². The van der Waals surface area contributed by atoms with Crippen molar-refractivity contribution in [2.75, 3.05) is 11.9 Å². The summed E-state index contributed by atoms with van der Waals surface area (Å²) in [6, 6.07) is 8.63. The summed E-state index contributed by atoms with van der Waals surface area (Å²) >= 11 is 5.20. The van der Waals surface area contributed by atoms with E-state index in [4.69, 9.17) is 12.2 Å². The molecule has 1 aliphatic rings. The number of unbranched alkanes of at least 4 members (excludes halogenated alkanes) is 1. The maximum atomic E-state index is 12.7. The molecule has 0 aliphatic carbocycles. The van der Waals surface area contributed by atoms with Crippen LogP contribution in [0.5, 0.6) is 0 Å². The first-order valence-electron chi connectivity index (χ1n) is 8.68. The van der Waals surface area contributed by atoms with Gasteiger partial charge in [0.15, 0.2) is 11.0 Å². The fourth-order valence-corrected chi connectivity index (χ4v) is 2.71. The summed E-state index contributed by atoms with van der Waals surface area (Å²) in [5.74, 6) is -2.36. The van der Waals surface area contributed by atoms with Crippen LogP contribution in [-0.2, 0) is 9.59 Å². The summed E-state index contributed by atoms with van der Waals surface area (Å²) in [6.07, 6.45) is 3.08. The van der Waals surface area contributed by atoms with Gasteiger partial charge in [0.1, 0.15) is 0 Å². The first-order valence-corrected chi connectivity index (χ1v) is 9.09. The highest BCUT2D eigenvalue weighted by Crippen LogP contribution is 2.17. The van der Waals surface area contributed by atoms with Crippen molar-refractivity contribution in [3.05, 3.63) is 42.1 Å². The molecule has 144 valence electrons. The minimum Gasteiger partial charge on any atom is -0.331 e. The lowest BCUT2D eigenvalue weighted by molar-refractivity contribution is -0.141. The number of nitrogens with one attached hydrogen (secondary N) is 4. The predicted molar refractivity (Wildman–Crippen MR) is 106 cm³/mol. The van der Waals surface area contributed by atoms with E-state index in [9.17, 15) is 14.4 Å². The molecule has 4 N–H and O–H groups in total. The van der Waals surface area contributed by atoms with Crippen LogP contribution in [0.2, 0.25) is 0 Å². The summed E-state index contributed by atoms with van der Waals surface area (Å²) in [5.41, 5.74) is 6.66. The minimum absolute atomic E-state index is 0.267. The molecule has 0 spiro atoms. The third kappa shape index (κ3) is 5.27. The number of rotatable bonds is 7. The SMILES string of the molecule is C/C=C(/NNC(=S)Nc1ccccc1)[C@@H]1C(=O)NC(=O)N(CCCC)C1=O. The van der Waals surface area contributed by atoms with Crippen LogP contribution < -0.4 is 21.5 Å². The Bertz CT molecular complexity index is 751. The Morgan fingerprint density at radius 2 is 1.93 bits per heavy atom. The van der Waals surface area contributed by atoms with Gasteiger partial charge in [-0.2, -0.15) is 0 Å². The van der Waals surface area contributed by atoms with E-state index in [1.807, 2.05) is 37.3 Å². The number of benzene rings is 1. The van der Waals surface area contributed by atoms with E-state index in [-0.39, 0.29) is 11.7 Å². The number of urea groups is 1. The number of hydrogen-bond donors (Lipinski definition) is 4. The van der Waals surface area contributed by atoms with Crippen LogP contribution in [-0.4, -0.2) is 34.4 Å². The Morgan fingerprint density at radius 3 is 2.56 bits per heavy atom. The van der Waals surface area contributed by atoms with Crippen molar-refractivity contribution < 1.29 is 14.4 Å². The van der Waals surface area contributed by atoms with Crippen molar-refractivity contribution in [2.45, 2.75) is 26.7 Å². The number of allylic oxidation sites excluding steroid dienone is 1. The van der Waals surface area contributed by atoms with Gasteiger partial charge >= 0.3 is 6.03 Å². The van der Waals surface area contributed by atoms with Crippen molar-refractivity contribution in [1.82, 2.24) is 21.1 Å². The second-order valence-electron chi connectivity index (χ2n) is 5.89. The zero-order valence-electron chi connectivity index (χ0n) is 15.2. The Labute approximate surface area is 163 Å². The number of carbonyl (C=O) groups excluding carboxylic acids is 3. The van der Waals surface area contributed by atoms with Gasteiger partial charge in [0.05, 0.1) is 0 Å². The average molecular weight is 389 g/mol. The third-order valence-electron chi connectivity index (χ3n) is 3.96. The zero-order chi connectivity index (χ0) is 19.8. The number of barbiturate groups is 1. The molecule has 27 heavy (non-hydrogen) atoms. The summed E-state index contributed by atoms with van der Waals surface area (Å²) in [5, 5.41) is 5.47. The Morgan fingerprint density at radius 1 is 1.22 bits per heavy atom. The number of nitrogens with zero attached hydrogens (tertiary/aromatic N) is 1. The van der Waals surface area contributed by atoms with Gasteiger partial charge in [-0.3, -0.25) is 25.2 Å². The number of para-hydroxylation sites is 1. The second-order valence-corrected chi connectivity index (χ2v) is 6.29. The van der Waals surface area contributed by atoms with Crippen molar-refractivity contribution >= 4 is 40.9 Å². The first-order chi connectivity index (χ1) is 13.0. The lowest BCUT2D eigenvalue weighted by atomic mass is 10.0. The van der Waals surface area contributed by atoms with Crippen molar-refractivity contribution in [3.63, 3.8) is 0 Å². The van der Waals surface area contributed by atoms with E-state index in [1.165, 1.54) is 0 Å². The molecule has 2 rings (SSSR count). The molecule has 0 saturated carbocycles. The molecule has 0 radical (unpaired) electrons. The molecule has 0 aromatic heterocycles. The molecule has 1 atom stereocenters. The Hall–Kier alpha value is -2.94. The number of anilines is 1. The quantitative estimate of drug-likeness (QED) is 0.321. The fraction of sp³-hybridized carbons (Fsp3) is 0.333. The molecule has 1 aromatic rings. The number of carbonyl (C=O) groups is 3. The number of thiocarbonyl (C=S) groups is 1. The molecule has 8 nitrogen and oxygen atoms in total. The maximum absolute atomic E-state index is 12.7. The van der Waals surface area contributed by atoms with Gasteiger partial charge in [0.2, 0.25) is 11.8 Å². The van der Waals surface area contributed by atoms with Gasteiger partial charge < -0.3 is 10.7 Å². The van der Waals surface area contributed by atoms with Crippen molar-refractivity contribution in [3.8, 4) is 0 Å². The first kappa shape index (κ1) is 20.4. The van der Waals surface area contributed by atoms with E-state index in [0.717, 1.165) is 17.0 Å². The van der Waals surface area contributed by atoms with Gasteiger partial charge in [-0.1, -0.05) is 37.6 Å². The molecule has 1 fully saturated rings. The van der Waals surface area contributed by atoms with Gasteiger partial charge in [-0.05, 0) is 37.7 Å². The summed E-state index contributed by atoms with van der Waals surface area (Å²) < 4.78 is 0. The molecule has 9 heteroatoms. The van der Waals surface area contributed by atoms with Crippen LogP contribution in [0.1, 0.15) is 26.7 Å². The van der Waals surface area contributed by atoms with Gasteiger partial charge in [0, 0.05) is 17.9 Å². The number of imide groups is 2. The van der Waals surface area contributed by atoms with Gasteiger partial charge in [-0.15, -0.1) is 0 Å². The maximum Gasteiger partial charge on any atom is 0.330 e. The van der Waals surface area contributed by atoms with E-state index in [0.29, 0.717) is 12.1 Å². The van der Waals surface area contributed by atoms with Gasteiger partial charge in [0.25, 0.3) is 0 Å². The standard InChI is InChI=1S/C18H23N5O3S/c1-3-5-11-23-16(25)14(15(24)20-18(23)26)13(4-2)21-22-17(27)19-12-9-7-6-8-10-12/h4,6-10,14,21H,3,5,11H2,1-2H3,(H2,19,22,27)(H,20,24,26)/b13-4+/t14-/m1/s1. The van der Waals surface area contributed by atoms with Crippen LogP contribution in [0.3, 0.4) is 0 Å². The minimum atomic E-state index is -1.14. The van der Waals surface area contributed by atoms with Crippen LogP contribution in [0.4, 0.5) is 10.5 Å². The highest BCUT2D eigenvalue weighted by atomic mass is 32.1. The summed E-state index contributed by atoms with van der Waals surface area (Å²) in [4.78, 5) is 37.9. The summed E-state index contributed by atoms with van der Waals surface area (Å²) in [7, 11) is 0. The lowest BCUT2D eigenvalue weighted by Gasteiger charge is -2.31. The molecule has 0 bridgehead atoms. The van der Waals surface area contributed by atoms with Crippen molar-refractivity contribution in [2.24, 2.45) is 5.92 Å². The second kappa shape index (κ2) is 9.67. The fourth-order valence-electron chi connectivity index (χ4n) is 2.54. The van der Waals surface area contributed by atoms with Crippen molar-refractivity contribution in [1.29, 1.82) is 0 Å². The molecule has 1 aliphatic heterocycles. The lowest BCUT2D eigenvalue weighted by Crippen LogP contribution is -2.60. The summed E-state index contributed by atoms with van der Waals surface area (Å²) in [6.45, 7) is 3.91. The zero-order valence-corrected chi connectivity index (χ0v) is 16.1. The van der Waals surface area contributed by atoms with E-state index in [2.05, 4.69) is 21.5 Å². The van der Waals surface area contributed by atoms with E-state index >= 15 is 0 Å². The smallest absolute Gasteiger partial charge is 0.330 e. The topological polar surface area (TPSA) is 103 Å². The van der Waals surface area contributed by atoms with Crippen LogP contribution in [0.15, 0.2) is 42.1 Å². The molecular weight excluding hydrogens is 366 g/mol. The molecule has 1 aromatic carbocycles. The predicted octanol–water partition coefficient (Wildman–Crippen LogP) is 1.88. The van der Waals surface area contributed by atoms with E-state index < -0.39 is 23.8 Å². The Balaban J connectivity index is 2.02. The van der Waals surface area contributed by atoms with Crippen LogP contribution in [0.25, 0.3) is 0 Å². The molecule has 4 amide bonds. The number of hydrogen-bond acceptors (Lipinski definition) is 5. The highest BCUT2D eigenvalue weighted by Gasteiger charge is 2.42. The molecule has 1 saturated heterocycles. The monoisotopic (exact) mass is 389 g/mol. The normalized spacial score (nSPS) is 17.4. The van der Waals surface area contributed by atoms with Crippen LogP contribution >= 0.6 is 12.2 Å². The largest absolute Gasteiger partial charge is 0.331 e. The Kier molecular flexibility index (Phi) is 7.30. The highest BCUT2D eigenvalue weighted by molar-refractivity contribution is 7.80. The third-order valence-corrected chi connectivity index (χ3v) is 4.16. The average Bonchev–Trinajstić information content (AvgIpc) is 2.64. The molecule has 0 unspecified atom stereocenters. The van der Waals surface area contributed by atoms with Crippen LogP contribution in [0, 0.1) is 5.92 Å². The molecule has 1 heterocycles. The number of amides is 4. The molecular formula is C18H23N5O3S. The van der Waals surface area contributed by atoms with Gasteiger partial charge in [-0.25, -0.2) is 4.79 Å².